The number of carbonyl (C=O) groups excluding carboxylic acids is 2. The fourth-order valence-electron chi connectivity index (χ4n) is 3.61. The largest absolute Gasteiger partial charge is 0.329 e. The van der Waals surface area contributed by atoms with Crippen LogP contribution in [-0.2, 0) is 31.4 Å². The highest BCUT2D eigenvalue weighted by Gasteiger charge is 2.29. The number of imide groups is 1. The number of hydrogen-bond acceptors (Lipinski definition) is 6. The molecule has 0 bridgehead atoms. The highest BCUT2D eigenvalue weighted by molar-refractivity contribution is 7.92. The highest BCUT2D eigenvalue weighted by atomic mass is 32.2. The number of carbonyl (C=O) groups is 2. The molecule has 32 heavy (non-hydrogen) atoms. The molecule has 10 nitrogen and oxygen atoms in total. The Kier molecular flexibility index (Phi) is 5.93. The molecule has 2 aliphatic rings. The second-order valence-corrected chi connectivity index (χ2v) is 11.1. The van der Waals surface area contributed by atoms with Gasteiger partial charge in [-0.2, -0.15) is 4.31 Å². The van der Waals surface area contributed by atoms with Gasteiger partial charge in [0.25, 0.3) is 10.0 Å². The van der Waals surface area contributed by atoms with Gasteiger partial charge < -0.3 is 5.32 Å². The monoisotopic (exact) mass is 478 g/mol. The number of amides is 3. The molecule has 2 N–H and O–H groups in total. The van der Waals surface area contributed by atoms with Crippen LogP contribution < -0.4 is 10.0 Å². The molecule has 0 aromatic heterocycles. The maximum Gasteiger partial charge on any atom is 0.324 e. The molecule has 2 aliphatic heterocycles. The number of nitrogens with zero attached hydrogens (tertiary/aromatic N) is 2. The summed E-state index contributed by atoms with van der Waals surface area (Å²) in [6.07, 6.45) is 1.62. The number of sulfonamides is 2. The summed E-state index contributed by atoms with van der Waals surface area (Å²) in [5, 5.41) is 2.43. The molecule has 0 aliphatic carbocycles. The summed E-state index contributed by atoms with van der Waals surface area (Å²) in [6.45, 7) is 0.883. The van der Waals surface area contributed by atoms with Crippen molar-refractivity contribution in [2.75, 3.05) is 24.4 Å². The Morgan fingerprint density at radius 2 is 1.56 bits per heavy atom. The molecule has 2 saturated heterocycles. The molecule has 0 unspecified atom stereocenters. The van der Waals surface area contributed by atoms with Gasteiger partial charge in [0.1, 0.15) is 0 Å². The predicted molar refractivity (Wildman–Crippen MR) is 116 cm³/mol. The number of nitrogens with one attached hydrogen (secondary N) is 2. The van der Waals surface area contributed by atoms with E-state index in [9.17, 15) is 26.4 Å². The van der Waals surface area contributed by atoms with E-state index in [0.717, 1.165) is 17.7 Å². The molecule has 0 saturated carbocycles. The van der Waals surface area contributed by atoms with Gasteiger partial charge in [-0.15, -0.1) is 0 Å². The van der Waals surface area contributed by atoms with Crippen molar-refractivity contribution in [2.24, 2.45) is 0 Å². The van der Waals surface area contributed by atoms with Gasteiger partial charge in [-0.25, -0.2) is 21.6 Å². The molecule has 170 valence electrons. The van der Waals surface area contributed by atoms with Crippen molar-refractivity contribution in [1.82, 2.24) is 14.5 Å². The zero-order chi connectivity index (χ0) is 22.9. The lowest BCUT2D eigenvalue weighted by Crippen LogP contribution is -2.30. The number of rotatable bonds is 7. The van der Waals surface area contributed by atoms with Crippen LogP contribution in [0.2, 0.25) is 0 Å². The van der Waals surface area contributed by atoms with Crippen LogP contribution in [0, 0.1) is 0 Å². The molecular formula is C20H22N4O6S2. The average Bonchev–Trinajstić information content (AvgIpc) is 3.41. The first kappa shape index (κ1) is 22.2. The Bertz CT molecular complexity index is 1240. The van der Waals surface area contributed by atoms with Crippen molar-refractivity contribution >= 4 is 37.7 Å². The smallest absolute Gasteiger partial charge is 0.324 e. The molecule has 0 spiro atoms. The van der Waals surface area contributed by atoms with Gasteiger partial charge >= 0.3 is 6.03 Å². The van der Waals surface area contributed by atoms with Crippen molar-refractivity contribution in [2.45, 2.75) is 29.2 Å². The SMILES string of the molecule is O=C1CNC(=O)N1Cc1cccc(NS(=O)(=O)c2ccc(S(=O)(=O)N3CCCC3)cc2)c1. The fraction of sp³-hybridized carbons (Fsp3) is 0.300. The molecular weight excluding hydrogens is 456 g/mol. The van der Waals surface area contributed by atoms with E-state index in [1.54, 1.807) is 18.2 Å². The number of urea groups is 1. The summed E-state index contributed by atoms with van der Waals surface area (Å²) in [4.78, 5) is 24.5. The van der Waals surface area contributed by atoms with Crippen LogP contribution in [0.3, 0.4) is 0 Å². The van der Waals surface area contributed by atoms with Gasteiger partial charge in [0.05, 0.1) is 22.9 Å². The molecule has 4 rings (SSSR count). The molecule has 0 atom stereocenters. The van der Waals surface area contributed by atoms with Crippen molar-refractivity contribution in [3.05, 3.63) is 54.1 Å². The van der Waals surface area contributed by atoms with E-state index in [1.165, 1.54) is 34.6 Å². The minimum absolute atomic E-state index is 0.0172. The first-order valence-corrected chi connectivity index (χ1v) is 12.9. The zero-order valence-corrected chi connectivity index (χ0v) is 18.7. The van der Waals surface area contributed by atoms with Gasteiger partial charge in [-0.05, 0) is 54.8 Å². The second-order valence-electron chi connectivity index (χ2n) is 7.53. The lowest BCUT2D eigenvalue weighted by Gasteiger charge is -2.16. The van der Waals surface area contributed by atoms with Gasteiger partial charge in [0.15, 0.2) is 0 Å². The number of benzene rings is 2. The zero-order valence-electron chi connectivity index (χ0n) is 17.0. The summed E-state index contributed by atoms with van der Waals surface area (Å²) < 4.78 is 54.6. The van der Waals surface area contributed by atoms with Crippen molar-refractivity contribution in [3.63, 3.8) is 0 Å². The van der Waals surface area contributed by atoms with Crippen LogP contribution in [0.5, 0.6) is 0 Å². The van der Waals surface area contributed by atoms with E-state index in [-0.39, 0.29) is 34.5 Å². The van der Waals surface area contributed by atoms with Crippen LogP contribution in [0.4, 0.5) is 10.5 Å². The Morgan fingerprint density at radius 3 is 2.19 bits per heavy atom. The number of anilines is 1. The van der Waals surface area contributed by atoms with Crippen molar-refractivity contribution in [1.29, 1.82) is 0 Å². The quantitative estimate of drug-likeness (QED) is 0.577. The molecule has 2 aromatic rings. The molecule has 2 heterocycles. The Labute approximate surface area is 186 Å². The minimum Gasteiger partial charge on any atom is -0.329 e. The summed E-state index contributed by atoms with van der Waals surface area (Å²) >= 11 is 0. The average molecular weight is 479 g/mol. The van der Waals surface area contributed by atoms with Crippen LogP contribution in [0.25, 0.3) is 0 Å². The second kappa shape index (κ2) is 8.52. The minimum atomic E-state index is -3.98. The number of hydrogen-bond donors (Lipinski definition) is 2. The summed E-state index contributed by atoms with van der Waals surface area (Å²) in [5.74, 6) is -0.357. The van der Waals surface area contributed by atoms with Gasteiger partial charge in [-0.3, -0.25) is 14.4 Å². The summed E-state index contributed by atoms with van der Waals surface area (Å²) in [7, 11) is -7.61. The Balaban J connectivity index is 1.49. The maximum atomic E-state index is 12.8. The summed E-state index contributed by atoms with van der Waals surface area (Å²) in [5.41, 5.74) is 0.825. The molecule has 2 fully saturated rings. The van der Waals surface area contributed by atoms with Crippen LogP contribution in [-0.4, -0.2) is 57.6 Å². The Morgan fingerprint density at radius 1 is 0.906 bits per heavy atom. The van der Waals surface area contributed by atoms with Crippen LogP contribution in [0.1, 0.15) is 18.4 Å². The molecule has 2 aromatic carbocycles. The van der Waals surface area contributed by atoms with Gasteiger partial charge in [0.2, 0.25) is 15.9 Å². The van der Waals surface area contributed by atoms with Gasteiger partial charge in [0, 0.05) is 18.8 Å². The first-order valence-electron chi connectivity index (χ1n) is 9.97. The standard InChI is InChI=1S/C20H22N4O6S2/c25-19-13-21-20(26)24(19)14-15-4-3-5-16(12-15)22-31(27,28)17-6-8-18(9-7-17)32(29,30)23-10-1-2-11-23/h3-9,12,22H,1-2,10-11,13-14H2,(H,21,26). The van der Waals surface area contributed by atoms with E-state index >= 15 is 0 Å². The predicted octanol–water partition coefficient (Wildman–Crippen LogP) is 1.32. The topological polar surface area (TPSA) is 133 Å². The third kappa shape index (κ3) is 4.47. The van der Waals surface area contributed by atoms with Crippen molar-refractivity contribution in [3.8, 4) is 0 Å². The van der Waals surface area contributed by atoms with E-state index in [1.807, 2.05) is 0 Å². The highest BCUT2D eigenvalue weighted by Crippen LogP contribution is 2.23. The first-order chi connectivity index (χ1) is 15.2. The normalized spacial score (nSPS) is 17.6. The van der Waals surface area contributed by atoms with Crippen LogP contribution in [0.15, 0.2) is 58.3 Å². The van der Waals surface area contributed by atoms with Gasteiger partial charge in [-0.1, -0.05) is 12.1 Å². The maximum absolute atomic E-state index is 12.8. The lowest BCUT2D eigenvalue weighted by molar-refractivity contribution is -0.125. The third-order valence-corrected chi connectivity index (χ3v) is 8.60. The van der Waals surface area contributed by atoms with E-state index in [4.69, 9.17) is 0 Å². The molecule has 3 amide bonds. The van der Waals surface area contributed by atoms with Crippen LogP contribution >= 0.6 is 0 Å². The molecule has 12 heteroatoms. The van der Waals surface area contributed by atoms with Crippen molar-refractivity contribution < 1.29 is 26.4 Å². The summed E-state index contributed by atoms with van der Waals surface area (Å²) in [6, 6.07) is 10.9. The van der Waals surface area contributed by atoms with E-state index in [0.29, 0.717) is 18.7 Å². The third-order valence-electron chi connectivity index (χ3n) is 5.29. The molecule has 0 radical (unpaired) electrons. The fourth-order valence-corrected chi connectivity index (χ4v) is 6.18. The van der Waals surface area contributed by atoms with E-state index < -0.39 is 26.1 Å². The lowest BCUT2D eigenvalue weighted by atomic mass is 10.2. The van der Waals surface area contributed by atoms with E-state index in [2.05, 4.69) is 10.0 Å². The Hall–Kier alpha value is -2.96.